The zero-order valence-corrected chi connectivity index (χ0v) is 11.5. The number of carboxylic acid groups (broad SMARTS) is 1. The molecule has 0 aromatic carbocycles. The molecule has 1 heterocycles. The third-order valence-electron chi connectivity index (χ3n) is 2.29. The fraction of sp³-hybridized carbons (Fsp3) is 0.462. The van der Waals surface area contributed by atoms with Crippen molar-refractivity contribution < 1.29 is 9.90 Å². The average Bonchev–Trinajstić information content (AvgIpc) is 2.28. The van der Waals surface area contributed by atoms with Gasteiger partial charge in [0.2, 0.25) is 0 Å². The van der Waals surface area contributed by atoms with E-state index in [-0.39, 0.29) is 0 Å². The molecular weight excluding hydrogens is 248 g/mol. The minimum Gasteiger partial charge on any atom is -0.480 e. The van der Waals surface area contributed by atoms with Crippen molar-refractivity contribution in [3.8, 4) is 6.07 Å². The molecule has 0 bridgehead atoms. The van der Waals surface area contributed by atoms with Gasteiger partial charge in [0.1, 0.15) is 16.3 Å². The number of hydrogen-bond donors (Lipinski definition) is 1. The minimum absolute atomic E-state index is 0.431. The van der Waals surface area contributed by atoms with Gasteiger partial charge in [0, 0.05) is 5.69 Å². The normalized spacial score (nSPS) is 12.2. The molecule has 0 aliphatic rings. The van der Waals surface area contributed by atoms with Crippen LogP contribution in [0.1, 0.15) is 32.0 Å². The van der Waals surface area contributed by atoms with Gasteiger partial charge in [-0.3, -0.25) is 4.79 Å². The molecule has 5 heteroatoms. The van der Waals surface area contributed by atoms with Crippen molar-refractivity contribution in [2.24, 2.45) is 5.92 Å². The number of thioether (sulfide) groups is 1. The van der Waals surface area contributed by atoms with Crippen molar-refractivity contribution in [1.82, 2.24) is 4.98 Å². The summed E-state index contributed by atoms with van der Waals surface area (Å²) in [7, 11) is 0. The maximum Gasteiger partial charge on any atom is 0.316 e. The van der Waals surface area contributed by atoms with E-state index in [9.17, 15) is 4.79 Å². The van der Waals surface area contributed by atoms with Gasteiger partial charge in [0.05, 0.1) is 5.56 Å². The van der Waals surface area contributed by atoms with E-state index in [4.69, 9.17) is 10.4 Å². The summed E-state index contributed by atoms with van der Waals surface area (Å²) in [5, 5.41) is 17.8. The highest BCUT2D eigenvalue weighted by Crippen LogP contribution is 2.25. The standard InChI is InChI=1S/C13H16N2O2S/c1-8(2)6-11-5-4-10(7-14)12(15-11)18-9(3)13(16)17/h4-5,8-9H,6H2,1-3H3,(H,16,17). The molecule has 4 nitrogen and oxygen atoms in total. The van der Waals surface area contributed by atoms with E-state index in [1.54, 1.807) is 13.0 Å². The SMILES string of the molecule is CC(C)Cc1ccc(C#N)c(SC(C)C(=O)O)n1. The zero-order chi connectivity index (χ0) is 13.7. The van der Waals surface area contributed by atoms with Crippen molar-refractivity contribution in [3.63, 3.8) is 0 Å². The molecule has 1 unspecified atom stereocenters. The Kier molecular flexibility index (Phi) is 5.17. The number of carbonyl (C=O) groups is 1. The van der Waals surface area contributed by atoms with Crippen molar-refractivity contribution in [2.45, 2.75) is 37.5 Å². The Balaban J connectivity index is 2.99. The van der Waals surface area contributed by atoms with E-state index < -0.39 is 11.2 Å². The topological polar surface area (TPSA) is 74.0 Å². The number of aliphatic carboxylic acids is 1. The van der Waals surface area contributed by atoms with Gasteiger partial charge in [-0.05, 0) is 31.4 Å². The van der Waals surface area contributed by atoms with E-state index in [0.29, 0.717) is 16.5 Å². The fourth-order valence-electron chi connectivity index (χ4n) is 1.40. The number of rotatable bonds is 5. The summed E-state index contributed by atoms with van der Waals surface area (Å²) in [6, 6.07) is 5.58. The number of hydrogen-bond acceptors (Lipinski definition) is 4. The average molecular weight is 264 g/mol. The molecule has 0 aliphatic heterocycles. The molecule has 1 rings (SSSR count). The number of nitriles is 1. The van der Waals surface area contributed by atoms with Gasteiger partial charge in [-0.1, -0.05) is 25.6 Å². The van der Waals surface area contributed by atoms with Gasteiger partial charge < -0.3 is 5.11 Å². The first-order chi connectivity index (χ1) is 8.43. The first kappa shape index (κ1) is 14.5. The quantitative estimate of drug-likeness (QED) is 0.828. The highest BCUT2D eigenvalue weighted by Gasteiger charge is 2.16. The lowest BCUT2D eigenvalue weighted by atomic mass is 10.1. The van der Waals surface area contributed by atoms with E-state index in [1.807, 2.05) is 12.1 Å². The van der Waals surface area contributed by atoms with Crippen LogP contribution in [-0.2, 0) is 11.2 Å². The summed E-state index contributed by atoms with van der Waals surface area (Å²) in [4.78, 5) is 15.2. The number of aromatic nitrogens is 1. The van der Waals surface area contributed by atoms with Crippen LogP contribution in [0.15, 0.2) is 17.2 Å². The molecule has 0 aliphatic carbocycles. The highest BCUT2D eigenvalue weighted by molar-refractivity contribution is 8.00. The molecule has 1 N–H and O–H groups in total. The summed E-state index contributed by atoms with van der Waals surface area (Å²) >= 11 is 1.11. The van der Waals surface area contributed by atoms with Crippen LogP contribution in [-0.4, -0.2) is 21.3 Å². The lowest BCUT2D eigenvalue weighted by Gasteiger charge is -2.10. The van der Waals surface area contributed by atoms with Crippen molar-refractivity contribution in [1.29, 1.82) is 5.26 Å². The molecule has 0 fully saturated rings. The molecule has 1 atom stereocenters. The third kappa shape index (κ3) is 4.04. The molecular formula is C13H16N2O2S. The summed E-state index contributed by atoms with van der Waals surface area (Å²) < 4.78 is 0. The van der Waals surface area contributed by atoms with Crippen LogP contribution < -0.4 is 0 Å². The van der Waals surface area contributed by atoms with E-state index >= 15 is 0 Å². The molecule has 0 saturated heterocycles. The van der Waals surface area contributed by atoms with Crippen LogP contribution in [0.25, 0.3) is 0 Å². The second-order valence-electron chi connectivity index (χ2n) is 4.46. The lowest BCUT2D eigenvalue weighted by molar-refractivity contribution is -0.136. The lowest BCUT2D eigenvalue weighted by Crippen LogP contribution is -2.12. The summed E-state index contributed by atoms with van der Waals surface area (Å²) in [5.41, 5.74) is 1.32. The monoisotopic (exact) mass is 264 g/mol. The largest absolute Gasteiger partial charge is 0.480 e. The summed E-state index contributed by atoms with van der Waals surface area (Å²) in [6.45, 7) is 5.77. The van der Waals surface area contributed by atoms with Crippen molar-refractivity contribution in [2.75, 3.05) is 0 Å². The van der Waals surface area contributed by atoms with Crippen LogP contribution in [0.3, 0.4) is 0 Å². The van der Waals surface area contributed by atoms with Gasteiger partial charge in [-0.15, -0.1) is 0 Å². The van der Waals surface area contributed by atoms with Crippen LogP contribution in [0.5, 0.6) is 0 Å². The maximum atomic E-state index is 10.8. The van der Waals surface area contributed by atoms with Crippen molar-refractivity contribution >= 4 is 17.7 Å². The predicted molar refractivity (Wildman–Crippen MR) is 70.4 cm³/mol. The van der Waals surface area contributed by atoms with Crippen molar-refractivity contribution in [3.05, 3.63) is 23.4 Å². The predicted octanol–water partition coefficient (Wildman–Crippen LogP) is 2.72. The Labute approximate surface area is 111 Å². The molecule has 1 aromatic heterocycles. The Morgan fingerprint density at radius 3 is 2.67 bits per heavy atom. The van der Waals surface area contributed by atoms with E-state index in [1.165, 1.54) is 0 Å². The van der Waals surface area contributed by atoms with Crippen LogP contribution in [0, 0.1) is 17.2 Å². The van der Waals surface area contributed by atoms with E-state index in [0.717, 1.165) is 23.9 Å². The molecule has 0 spiro atoms. The first-order valence-corrected chi connectivity index (χ1v) is 6.61. The third-order valence-corrected chi connectivity index (χ3v) is 3.38. The molecule has 0 amide bonds. The Bertz CT molecular complexity index is 480. The maximum absolute atomic E-state index is 10.8. The Hall–Kier alpha value is -1.54. The highest BCUT2D eigenvalue weighted by atomic mass is 32.2. The van der Waals surface area contributed by atoms with Gasteiger partial charge >= 0.3 is 5.97 Å². The Morgan fingerprint density at radius 1 is 1.50 bits per heavy atom. The van der Waals surface area contributed by atoms with Gasteiger partial charge in [-0.2, -0.15) is 5.26 Å². The second-order valence-corrected chi connectivity index (χ2v) is 5.79. The zero-order valence-electron chi connectivity index (χ0n) is 10.7. The number of nitrogens with zero attached hydrogens (tertiary/aromatic N) is 2. The molecule has 96 valence electrons. The smallest absolute Gasteiger partial charge is 0.316 e. The summed E-state index contributed by atoms with van der Waals surface area (Å²) in [5.74, 6) is -0.430. The summed E-state index contributed by atoms with van der Waals surface area (Å²) in [6.07, 6.45) is 0.820. The van der Waals surface area contributed by atoms with E-state index in [2.05, 4.69) is 18.8 Å². The first-order valence-electron chi connectivity index (χ1n) is 5.73. The van der Waals surface area contributed by atoms with Crippen LogP contribution in [0.4, 0.5) is 0 Å². The molecule has 0 saturated carbocycles. The van der Waals surface area contributed by atoms with Crippen LogP contribution >= 0.6 is 11.8 Å². The minimum atomic E-state index is -0.903. The van der Waals surface area contributed by atoms with Gasteiger partial charge in [0.15, 0.2) is 0 Å². The van der Waals surface area contributed by atoms with Gasteiger partial charge in [0.25, 0.3) is 0 Å². The molecule has 0 radical (unpaired) electrons. The Morgan fingerprint density at radius 2 is 2.17 bits per heavy atom. The number of pyridine rings is 1. The molecule has 18 heavy (non-hydrogen) atoms. The van der Waals surface area contributed by atoms with Crippen LogP contribution in [0.2, 0.25) is 0 Å². The van der Waals surface area contributed by atoms with Gasteiger partial charge in [-0.25, -0.2) is 4.98 Å². The number of carboxylic acids is 1. The second kappa shape index (κ2) is 6.41. The fourth-order valence-corrected chi connectivity index (χ4v) is 2.25. The molecule has 1 aromatic rings.